The van der Waals surface area contributed by atoms with Crippen LogP contribution in [-0.4, -0.2) is 10.5 Å². The summed E-state index contributed by atoms with van der Waals surface area (Å²) in [6.45, 7) is 0. The van der Waals surface area contributed by atoms with E-state index in [-0.39, 0.29) is 5.38 Å². The first-order chi connectivity index (χ1) is 5.79. The van der Waals surface area contributed by atoms with Gasteiger partial charge in [0.1, 0.15) is 0 Å². The average molecular weight is 183 g/mol. The molecule has 1 aliphatic carbocycles. The van der Waals surface area contributed by atoms with Crippen molar-refractivity contribution in [1.82, 2.24) is 0 Å². The molecule has 0 aliphatic heterocycles. The maximum Gasteiger partial charge on any atom is 0.0956 e. The molecule has 1 aromatic rings. The minimum absolute atomic E-state index is 0.111. The summed E-state index contributed by atoms with van der Waals surface area (Å²) < 4.78 is 0. The second-order valence-electron chi connectivity index (χ2n) is 3.20. The monoisotopic (exact) mass is 182 g/mol. The van der Waals surface area contributed by atoms with Crippen molar-refractivity contribution in [2.75, 3.05) is 0 Å². The lowest BCUT2D eigenvalue weighted by atomic mass is 9.89. The number of benzene rings is 1. The Balaban J connectivity index is 2.42. The predicted octanol–water partition coefficient (Wildman–Crippen LogP) is 2.27. The quantitative estimate of drug-likeness (QED) is 0.611. The fourth-order valence-corrected chi connectivity index (χ4v) is 1.94. The number of alkyl halides is 1. The van der Waals surface area contributed by atoms with Crippen molar-refractivity contribution >= 4 is 11.6 Å². The third-order valence-corrected chi connectivity index (χ3v) is 2.86. The first kappa shape index (κ1) is 8.09. The molecule has 0 saturated carbocycles. The fraction of sp³-hybridized carbons (Fsp3) is 0.400. The van der Waals surface area contributed by atoms with Crippen molar-refractivity contribution < 1.29 is 5.11 Å². The molecule has 64 valence electrons. The van der Waals surface area contributed by atoms with Crippen molar-refractivity contribution in [3.8, 4) is 0 Å². The molecule has 0 unspecified atom stereocenters. The van der Waals surface area contributed by atoms with Crippen molar-refractivity contribution in [3.05, 3.63) is 35.4 Å². The van der Waals surface area contributed by atoms with Gasteiger partial charge in [-0.25, -0.2) is 0 Å². The van der Waals surface area contributed by atoms with Gasteiger partial charge in [-0.2, -0.15) is 0 Å². The van der Waals surface area contributed by atoms with Crippen LogP contribution in [0.4, 0.5) is 0 Å². The Kier molecular flexibility index (Phi) is 2.07. The van der Waals surface area contributed by atoms with E-state index in [4.69, 9.17) is 11.6 Å². The van der Waals surface area contributed by atoms with E-state index in [9.17, 15) is 5.11 Å². The first-order valence-electron chi connectivity index (χ1n) is 4.19. The maximum absolute atomic E-state index is 9.70. The molecule has 0 bridgehead atoms. The number of hydrogen-bond donors (Lipinski definition) is 1. The molecule has 0 aromatic heterocycles. The summed E-state index contributed by atoms with van der Waals surface area (Å²) in [6, 6.07) is 7.95. The Morgan fingerprint density at radius 2 is 2.08 bits per heavy atom. The van der Waals surface area contributed by atoms with Crippen LogP contribution in [0.5, 0.6) is 0 Å². The highest BCUT2D eigenvalue weighted by Gasteiger charge is 2.25. The highest BCUT2D eigenvalue weighted by Crippen LogP contribution is 2.32. The van der Waals surface area contributed by atoms with Crippen molar-refractivity contribution in [1.29, 1.82) is 0 Å². The van der Waals surface area contributed by atoms with Crippen LogP contribution in [0.1, 0.15) is 23.7 Å². The van der Waals surface area contributed by atoms with E-state index < -0.39 is 6.10 Å². The third-order valence-electron chi connectivity index (χ3n) is 2.41. The summed E-state index contributed by atoms with van der Waals surface area (Å²) in [5, 5.41) is 9.59. The largest absolute Gasteiger partial charge is 0.387 e. The van der Waals surface area contributed by atoms with Gasteiger partial charge in [-0.3, -0.25) is 0 Å². The zero-order valence-corrected chi connectivity index (χ0v) is 7.46. The second-order valence-corrected chi connectivity index (χ2v) is 3.76. The van der Waals surface area contributed by atoms with Crippen molar-refractivity contribution in [2.24, 2.45) is 0 Å². The van der Waals surface area contributed by atoms with Gasteiger partial charge in [-0.1, -0.05) is 24.3 Å². The van der Waals surface area contributed by atoms with Gasteiger partial charge in [0.25, 0.3) is 0 Å². The molecular formula is C10H11ClO. The molecule has 0 radical (unpaired) electrons. The Morgan fingerprint density at radius 1 is 1.33 bits per heavy atom. The van der Waals surface area contributed by atoms with Gasteiger partial charge in [0.2, 0.25) is 0 Å². The number of hydrogen-bond acceptors (Lipinski definition) is 1. The van der Waals surface area contributed by atoms with Gasteiger partial charge in [0.05, 0.1) is 11.5 Å². The Morgan fingerprint density at radius 3 is 2.92 bits per heavy atom. The molecule has 1 aromatic carbocycles. The van der Waals surface area contributed by atoms with Gasteiger partial charge in [-0.15, -0.1) is 11.6 Å². The van der Waals surface area contributed by atoms with Crippen molar-refractivity contribution in [3.63, 3.8) is 0 Å². The van der Waals surface area contributed by atoms with Gasteiger partial charge in [0.15, 0.2) is 0 Å². The number of halogens is 1. The van der Waals surface area contributed by atoms with Crippen LogP contribution in [0.15, 0.2) is 24.3 Å². The highest BCUT2D eigenvalue weighted by atomic mass is 35.5. The minimum atomic E-state index is -0.475. The normalized spacial score (nSPS) is 28.2. The van der Waals surface area contributed by atoms with E-state index in [1.807, 2.05) is 18.2 Å². The van der Waals surface area contributed by atoms with Crippen molar-refractivity contribution in [2.45, 2.75) is 24.3 Å². The van der Waals surface area contributed by atoms with Crippen LogP contribution in [0.25, 0.3) is 0 Å². The SMILES string of the molecule is O[C@@H]1c2ccccc2CC[C@@H]1Cl. The van der Waals surface area contributed by atoms with Gasteiger partial charge < -0.3 is 5.11 Å². The molecule has 2 rings (SSSR count). The lowest BCUT2D eigenvalue weighted by Gasteiger charge is -2.25. The van der Waals surface area contributed by atoms with Crippen LogP contribution in [0.2, 0.25) is 0 Å². The summed E-state index contributed by atoms with van der Waals surface area (Å²) in [6.07, 6.45) is 1.39. The summed E-state index contributed by atoms with van der Waals surface area (Å²) in [4.78, 5) is 0. The predicted molar refractivity (Wildman–Crippen MR) is 49.4 cm³/mol. The molecule has 12 heavy (non-hydrogen) atoms. The highest BCUT2D eigenvalue weighted by molar-refractivity contribution is 6.21. The van der Waals surface area contributed by atoms with Crippen LogP contribution < -0.4 is 0 Å². The molecule has 0 amide bonds. The van der Waals surface area contributed by atoms with Gasteiger partial charge in [0, 0.05) is 0 Å². The van der Waals surface area contributed by atoms with Crippen LogP contribution in [-0.2, 0) is 6.42 Å². The zero-order chi connectivity index (χ0) is 8.55. The van der Waals surface area contributed by atoms with Crippen LogP contribution >= 0.6 is 11.6 Å². The molecule has 1 aliphatic rings. The lowest BCUT2D eigenvalue weighted by molar-refractivity contribution is 0.161. The van der Waals surface area contributed by atoms with E-state index in [2.05, 4.69) is 6.07 Å². The molecule has 0 spiro atoms. The Labute approximate surface area is 77.0 Å². The number of aliphatic hydroxyl groups is 1. The maximum atomic E-state index is 9.70. The molecule has 2 heteroatoms. The standard InChI is InChI=1S/C10H11ClO/c11-9-6-5-7-3-1-2-4-8(7)10(9)12/h1-4,9-10,12H,5-6H2/t9-,10+/m0/s1. The lowest BCUT2D eigenvalue weighted by Crippen LogP contribution is -2.20. The summed E-state index contributed by atoms with van der Waals surface area (Å²) in [5.74, 6) is 0. The molecule has 0 heterocycles. The molecular weight excluding hydrogens is 172 g/mol. The van der Waals surface area contributed by atoms with Gasteiger partial charge >= 0.3 is 0 Å². The van der Waals surface area contributed by atoms with Crippen LogP contribution in [0.3, 0.4) is 0 Å². The van der Waals surface area contributed by atoms with E-state index >= 15 is 0 Å². The number of aliphatic hydroxyl groups excluding tert-OH is 1. The van der Waals surface area contributed by atoms with E-state index in [1.54, 1.807) is 0 Å². The van der Waals surface area contributed by atoms with Crippen LogP contribution in [0, 0.1) is 0 Å². The Hall–Kier alpha value is -0.530. The molecule has 0 saturated heterocycles. The number of fused-ring (bicyclic) bond motifs is 1. The molecule has 1 nitrogen and oxygen atoms in total. The van der Waals surface area contributed by atoms with E-state index in [1.165, 1.54) is 5.56 Å². The summed E-state index contributed by atoms with van der Waals surface area (Å²) in [5.41, 5.74) is 2.24. The molecule has 1 N–H and O–H groups in total. The first-order valence-corrected chi connectivity index (χ1v) is 4.62. The summed E-state index contributed by atoms with van der Waals surface area (Å²) in [7, 11) is 0. The van der Waals surface area contributed by atoms with E-state index in [0.29, 0.717) is 0 Å². The number of rotatable bonds is 0. The molecule has 0 fully saturated rings. The summed E-state index contributed by atoms with van der Waals surface area (Å²) >= 11 is 5.94. The number of aryl methyl sites for hydroxylation is 1. The Bertz CT molecular complexity index is 285. The topological polar surface area (TPSA) is 20.2 Å². The average Bonchev–Trinajstić information content (AvgIpc) is 2.12. The zero-order valence-electron chi connectivity index (χ0n) is 6.70. The van der Waals surface area contributed by atoms with E-state index in [0.717, 1.165) is 18.4 Å². The smallest absolute Gasteiger partial charge is 0.0956 e. The molecule has 2 atom stereocenters. The minimum Gasteiger partial charge on any atom is -0.387 e. The fourth-order valence-electron chi connectivity index (χ4n) is 1.70. The third kappa shape index (κ3) is 1.23. The second kappa shape index (κ2) is 3.08. The van der Waals surface area contributed by atoms with Gasteiger partial charge in [-0.05, 0) is 24.0 Å².